The Balaban J connectivity index is 5.52. The molecular formula is C21H38N4O8. The van der Waals surface area contributed by atoms with E-state index in [0.717, 1.165) is 0 Å². The predicted octanol–water partition coefficient (Wildman–Crippen LogP) is -0.809. The van der Waals surface area contributed by atoms with Crippen molar-refractivity contribution in [3.63, 3.8) is 0 Å². The second kappa shape index (κ2) is 14.4. The van der Waals surface area contributed by atoms with Gasteiger partial charge in [-0.15, -0.1) is 0 Å². The van der Waals surface area contributed by atoms with Gasteiger partial charge in [0.2, 0.25) is 17.7 Å². The summed E-state index contributed by atoms with van der Waals surface area (Å²) in [4.78, 5) is 60.1. The number of hydrogen-bond donors (Lipinski definition) is 7. The van der Waals surface area contributed by atoms with E-state index in [2.05, 4.69) is 16.0 Å². The molecule has 0 aliphatic carbocycles. The van der Waals surface area contributed by atoms with Crippen molar-refractivity contribution in [2.75, 3.05) is 0 Å². The van der Waals surface area contributed by atoms with E-state index in [4.69, 9.17) is 10.8 Å². The van der Waals surface area contributed by atoms with Gasteiger partial charge in [0.05, 0.1) is 12.1 Å². The number of aliphatic carboxylic acids is 2. The van der Waals surface area contributed by atoms with Gasteiger partial charge >= 0.3 is 11.9 Å². The van der Waals surface area contributed by atoms with Gasteiger partial charge in [-0.05, 0) is 31.6 Å². The zero-order valence-electron chi connectivity index (χ0n) is 19.8. The van der Waals surface area contributed by atoms with E-state index >= 15 is 0 Å². The van der Waals surface area contributed by atoms with Crippen LogP contribution in [-0.2, 0) is 24.0 Å². The van der Waals surface area contributed by atoms with E-state index in [1.165, 1.54) is 6.92 Å². The van der Waals surface area contributed by atoms with Crippen molar-refractivity contribution in [3.05, 3.63) is 0 Å². The summed E-state index contributed by atoms with van der Waals surface area (Å²) in [5, 5.41) is 34.9. The summed E-state index contributed by atoms with van der Waals surface area (Å²) in [6, 6.07) is -4.84. The van der Waals surface area contributed by atoms with Crippen LogP contribution in [0.2, 0.25) is 0 Å². The van der Waals surface area contributed by atoms with Crippen LogP contribution >= 0.6 is 0 Å². The summed E-state index contributed by atoms with van der Waals surface area (Å²) in [5.74, 6) is -5.06. The number of rotatable bonds is 15. The van der Waals surface area contributed by atoms with Crippen LogP contribution in [0, 0.1) is 11.8 Å². The topological polar surface area (TPSA) is 208 Å². The van der Waals surface area contributed by atoms with E-state index in [-0.39, 0.29) is 31.1 Å². The van der Waals surface area contributed by atoms with Crippen molar-refractivity contribution >= 4 is 29.7 Å². The lowest BCUT2D eigenvalue weighted by atomic mass is 9.96. The molecule has 0 rings (SSSR count). The monoisotopic (exact) mass is 474 g/mol. The molecule has 0 fully saturated rings. The number of amides is 3. The second-order valence-electron chi connectivity index (χ2n) is 8.67. The van der Waals surface area contributed by atoms with Gasteiger partial charge in [-0.1, -0.05) is 34.1 Å². The minimum absolute atomic E-state index is 0.0150. The molecule has 12 nitrogen and oxygen atoms in total. The molecule has 0 heterocycles. The number of aliphatic hydroxyl groups is 1. The third-order valence-electron chi connectivity index (χ3n) is 5.19. The molecule has 6 unspecified atom stereocenters. The normalized spacial score (nSPS) is 16.6. The Morgan fingerprint density at radius 1 is 0.848 bits per heavy atom. The van der Waals surface area contributed by atoms with Gasteiger partial charge in [0, 0.05) is 6.42 Å². The van der Waals surface area contributed by atoms with Crippen LogP contribution in [0.5, 0.6) is 0 Å². The lowest BCUT2D eigenvalue weighted by Crippen LogP contribution is -2.60. The van der Waals surface area contributed by atoms with Crippen molar-refractivity contribution in [1.29, 1.82) is 0 Å². The Kier molecular flexibility index (Phi) is 13.2. The van der Waals surface area contributed by atoms with E-state index in [9.17, 15) is 34.2 Å². The molecule has 6 atom stereocenters. The molecule has 0 aromatic rings. The van der Waals surface area contributed by atoms with Crippen LogP contribution in [0.4, 0.5) is 0 Å². The van der Waals surface area contributed by atoms with Crippen molar-refractivity contribution in [3.8, 4) is 0 Å². The third kappa shape index (κ3) is 11.1. The predicted molar refractivity (Wildman–Crippen MR) is 119 cm³/mol. The average molecular weight is 475 g/mol. The van der Waals surface area contributed by atoms with Crippen molar-refractivity contribution in [1.82, 2.24) is 16.0 Å². The van der Waals surface area contributed by atoms with Gasteiger partial charge in [0.25, 0.3) is 0 Å². The van der Waals surface area contributed by atoms with Crippen molar-refractivity contribution < 1.29 is 39.3 Å². The Morgan fingerprint density at radius 3 is 1.82 bits per heavy atom. The minimum Gasteiger partial charge on any atom is -0.481 e. The smallest absolute Gasteiger partial charge is 0.328 e. The molecule has 190 valence electrons. The van der Waals surface area contributed by atoms with Gasteiger partial charge in [0.1, 0.15) is 12.1 Å². The highest BCUT2D eigenvalue weighted by atomic mass is 16.4. The molecule has 3 amide bonds. The highest BCUT2D eigenvalue weighted by Crippen LogP contribution is 2.12. The molecule has 33 heavy (non-hydrogen) atoms. The maximum Gasteiger partial charge on any atom is 0.328 e. The van der Waals surface area contributed by atoms with Gasteiger partial charge in [-0.3, -0.25) is 19.2 Å². The van der Waals surface area contributed by atoms with Gasteiger partial charge in [-0.25, -0.2) is 4.79 Å². The highest BCUT2D eigenvalue weighted by Gasteiger charge is 2.34. The molecule has 12 heteroatoms. The molecular weight excluding hydrogens is 436 g/mol. The van der Waals surface area contributed by atoms with Crippen LogP contribution in [0.1, 0.15) is 60.3 Å². The molecule has 0 aliphatic heterocycles. The molecule has 0 bridgehead atoms. The number of carboxylic acid groups (broad SMARTS) is 2. The largest absolute Gasteiger partial charge is 0.481 e. The standard InChI is InChI=1S/C21H38N4O8/c1-6-11(4)16(20(31)25-17(12(5)26)21(32)33)24-19(30)14(9-10(2)3)23-18(29)13(22)7-8-15(27)28/h10-14,16-17,26H,6-9,22H2,1-5H3,(H,23,29)(H,24,30)(H,25,31)(H,27,28)(H,32,33). The lowest BCUT2D eigenvalue weighted by molar-refractivity contribution is -0.145. The molecule has 0 radical (unpaired) electrons. The molecule has 0 saturated heterocycles. The quantitative estimate of drug-likeness (QED) is 0.158. The number of carbonyl (C=O) groups excluding carboxylic acids is 3. The van der Waals surface area contributed by atoms with Crippen molar-refractivity contribution in [2.45, 2.75) is 90.6 Å². The summed E-state index contributed by atoms with van der Waals surface area (Å²) in [5.41, 5.74) is 5.72. The average Bonchev–Trinajstić information content (AvgIpc) is 2.71. The molecule has 0 aromatic heterocycles. The minimum atomic E-state index is -1.56. The first-order valence-electron chi connectivity index (χ1n) is 11.0. The first kappa shape index (κ1) is 30.3. The molecule has 0 saturated carbocycles. The third-order valence-corrected chi connectivity index (χ3v) is 5.19. The van der Waals surface area contributed by atoms with E-state index in [1.54, 1.807) is 13.8 Å². The summed E-state index contributed by atoms with van der Waals surface area (Å²) in [6.45, 7) is 8.36. The Hall–Kier alpha value is -2.73. The van der Waals surface area contributed by atoms with Crippen LogP contribution in [0.3, 0.4) is 0 Å². The number of aliphatic hydroxyl groups excluding tert-OH is 1. The fourth-order valence-electron chi connectivity index (χ4n) is 2.98. The first-order valence-corrected chi connectivity index (χ1v) is 11.0. The molecule has 0 aromatic carbocycles. The summed E-state index contributed by atoms with van der Waals surface area (Å²) in [6.07, 6.45) is -1.07. The van der Waals surface area contributed by atoms with Crippen LogP contribution < -0.4 is 21.7 Å². The number of carboxylic acids is 2. The molecule has 8 N–H and O–H groups in total. The first-order chi connectivity index (χ1) is 15.2. The van der Waals surface area contributed by atoms with Crippen LogP contribution in [0.25, 0.3) is 0 Å². The molecule has 0 aliphatic rings. The van der Waals surface area contributed by atoms with E-state index in [1.807, 2.05) is 13.8 Å². The number of nitrogens with two attached hydrogens (primary N) is 1. The SMILES string of the molecule is CCC(C)C(NC(=O)C(CC(C)C)NC(=O)C(N)CCC(=O)O)C(=O)NC(C(=O)O)C(C)O. The summed E-state index contributed by atoms with van der Waals surface area (Å²) < 4.78 is 0. The number of carbonyl (C=O) groups is 5. The summed E-state index contributed by atoms with van der Waals surface area (Å²) in [7, 11) is 0. The second-order valence-corrected chi connectivity index (χ2v) is 8.67. The van der Waals surface area contributed by atoms with Crippen LogP contribution in [0.15, 0.2) is 0 Å². The molecule has 0 spiro atoms. The van der Waals surface area contributed by atoms with Gasteiger partial charge in [-0.2, -0.15) is 0 Å². The van der Waals surface area contributed by atoms with Gasteiger partial charge in [0.15, 0.2) is 6.04 Å². The van der Waals surface area contributed by atoms with Crippen LogP contribution in [-0.4, -0.2) is 75.3 Å². The van der Waals surface area contributed by atoms with E-state index in [0.29, 0.717) is 6.42 Å². The lowest BCUT2D eigenvalue weighted by Gasteiger charge is -2.29. The number of hydrogen-bond acceptors (Lipinski definition) is 7. The zero-order valence-corrected chi connectivity index (χ0v) is 19.8. The number of nitrogens with one attached hydrogen (secondary N) is 3. The van der Waals surface area contributed by atoms with Crippen molar-refractivity contribution in [2.24, 2.45) is 17.6 Å². The maximum atomic E-state index is 13.0. The Morgan fingerprint density at radius 2 is 1.39 bits per heavy atom. The van der Waals surface area contributed by atoms with E-state index < -0.39 is 59.9 Å². The zero-order chi connectivity index (χ0) is 25.9. The fraction of sp³-hybridized carbons (Fsp3) is 0.762. The maximum absolute atomic E-state index is 13.0. The highest BCUT2D eigenvalue weighted by molar-refractivity contribution is 5.94. The van der Waals surface area contributed by atoms with Gasteiger partial charge < -0.3 is 37.0 Å². The fourth-order valence-corrected chi connectivity index (χ4v) is 2.98. The Labute approximate surface area is 193 Å². The summed E-state index contributed by atoms with van der Waals surface area (Å²) >= 11 is 0. The Bertz CT molecular complexity index is 698.